The van der Waals surface area contributed by atoms with Crippen LogP contribution in [0.2, 0.25) is 0 Å². The third-order valence-corrected chi connectivity index (χ3v) is 5.27. The molecule has 0 fully saturated rings. The fourth-order valence-corrected chi connectivity index (χ4v) is 3.57. The molecule has 33 heavy (non-hydrogen) atoms. The number of hydrogen-bond donors (Lipinski definition) is 2. The molecule has 4 rings (SSSR count). The third-order valence-electron chi connectivity index (χ3n) is 5.27. The molecule has 172 valence electrons. The van der Waals surface area contributed by atoms with Gasteiger partial charge in [-0.05, 0) is 35.7 Å². The Hall–Kier alpha value is -3.14. The topological polar surface area (TPSA) is 72.1 Å². The van der Waals surface area contributed by atoms with E-state index >= 15 is 0 Å². The van der Waals surface area contributed by atoms with E-state index in [0.717, 1.165) is 49.9 Å². The minimum absolute atomic E-state index is 0. The van der Waals surface area contributed by atoms with Crippen molar-refractivity contribution in [3.05, 3.63) is 102 Å². The molecule has 0 amide bonds. The second-order valence-electron chi connectivity index (χ2n) is 7.50. The molecule has 0 bridgehead atoms. The fourth-order valence-electron chi connectivity index (χ4n) is 3.57. The van der Waals surface area contributed by atoms with E-state index < -0.39 is 0 Å². The van der Waals surface area contributed by atoms with Crippen LogP contribution in [0.5, 0.6) is 0 Å². The molecule has 2 N–H and O–H groups in total. The van der Waals surface area contributed by atoms with E-state index in [-0.39, 0.29) is 24.0 Å². The first-order valence-electron chi connectivity index (χ1n) is 10.9. The Morgan fingerprint density at radius 3 is 2.30 bits per heavy atom. The Morgan fingerprint density at radius 2 is 1.61 bits per heavy atom. The van der Waals surface area contributed by atoms with Gasteiger partial charge in [0, 0.05) is 57.9 Å². The van der Waals surface area contributed by atoms with Crippen LogP contribution >= 0.6 is 24.0 Å². The average molecular weight is 555 g/mol. The van der Waals surface area contributed by atoms with Gasteiger partial charge in [-0.3, -0.25) is 4.99 Å². The van der Waals surface area contributed by atoms with Crippen molar-refractivity contribution in [1.29, 1.82) is 0 Å². The van der Waals surface area contributed by atoms with Crippen molar-refractivity contribution < 1.29 is 0 Å². The third kappa shape index (κ3) is 7.18. The first-order valence-corrected chi connectivity index (χ1v) is 10.9. The van der Waals surface area contributed by atoms with Gasteiger partial charge in [0.25, 0.3) is 0 Å². The van der Waals surface area contributed by atoms with E-state index in [1.807, 2.05) is 35.4 Å². The second-order valence-corrected chi connectivity index (χ2v) is 7.50. The lowest BCUT2D eigenvalue weighted by Crippen LogP contribution is -2.39. The summed E-state index contributed by atoms with van der Waals surface area (Å²) >= 11 is 0. The molecule has 0 spiro atoms. The minimum atomic E-state index is 0. The highest BCUT2D eigenvalue weighted by Gasteiger charge is 2.05. The lowest BCUT2D eigenvalue weighted by atomic mass is 10.1. The molecule has 0 saturated heterocycles. The summed E-state index contributed by atoms with van der Waals surface area (Å²) in [4.78, 5) is 8.85. The molecule has 2 aromatic heterocycles. The molecule has 0 saturated carbocycles. The summed E-state index contributed by atoms with van der Waals surface area (Å²) in [6.07, 6.45) is 9.38. The smallest absolute Gasteiger partial charge is 0.191 e. The van der Waals surface area contributed by atoms with E-state index in [1.165, 1.54) is 11.1 Å². The first kappa shape index (κ1) is 24.5. The number of hydrogen-bond acceptors (Lipinski definition) is 3. The molecule has 0 aliphatic heterocycles. The van der Waals surface area contributed by atoms with Crippen LogP contribution < -0.4 is 10.6 Å². The molecular formula is C25H30IN7. The van der Waals surface area contributed by atoms with Crippen LogP contribution in [0.4, 0.5) is 0 Å². The van der Waals surface area contributed by atoms with Gasteiger partial charge in [-0.15, -0.1) is 24.0 Å². The maximum absolute atomic E-state index is 4.52. The van der Waals surface area contributed by atoms with Gasteiger partial charge in [-0.1, -0.05) is 42.5 Å². The van der Waals surface area contributed by atoms with E-state index in [9.17, 15) is 0 Å². The normalized spacial score (nSPS) is 11.1. The first-order chi connectivity index (χ1) is 15.8. The maximum Gasteiger partial charge on any atom is 0.191 e. The van der Waals surface area contributed by atoms with Gasteiger partial charge in [0.2, 0.25) is 0 Å². The highest BCUT2D eigenvalue weighted by Crippen LogP contribution is 2.09. The summed E-state index contributed by atoms with van der Waals surface area (Å²) in [6, 6.07) is 20.8. The van der Waals surface area contributed by atoms with Crippen LogP contribution in [0.1, 0.15) is 17.0 Å². The molecule has 4 aromatic rings. The molecule has 2 heterocycles. The molecule has 8 heteroatoms. The second kappa shape index (κ2) is 12.8. The van der Waals surface area contributed by atoms with E-state index in [4.69, 9.17) is 0 Å². The molecule has 0 radical (unpaired) electrons. The van der Waals surface area contributed by atoms with Crippen molar-refractivity contribution in [1.82, 2.24) is 30.0 Å². The molecular weight excluding hydrogens is 525 g/mol. The zero-order valence-corrected chi connectivity index (χ0v) is 21.1. The number of benzene rings is 2. The van der Waals surface area contributed by atoms with Crippen molar-refractivity contribution in [3.63, 3.8) is 0 Å². The lowest BCUT2D eigenvalue weighted by molar-refractivity contribution is 0.693. The lowest BCUT2D eigenvalue weighted by Gasteiger charge is -2.13. The molecule has 7 nitrogen and oxygen atoms in total. The molecule has 0 atom stereocenters. The van der Waals surface area contributed by atoms with Crippen molar-refractivity contribution in [2.45, 2.75) is 19.4 Å². The SMILES string of the molecule is CN=C(NCCc1ccc(-n2cccn2)cc1)NCCc1nccn1Cc1ccccc1.I. The Balaban J connectivity index is 0.00000306. The van der Waals surface area contributed by atoms with Crippen LogP contribution in [0, 0.1) is 0 Å². The number of halogens is 1. The number of nitrogens with one attached hydrogen (secondary N) is 2. The van der Waals surface area contributed by atoms with E-state index in [1.54, 1.807) is 13.2 Å². The quantitative estimate of drug-likeness (QED) is 0.188. The zero-order valence-electron chi connectivity index (χ0n) is 18.8. The molecule has 0 aliphatic carbocycles. The summed E-state index contributed by atoms with van der Waals surface area (Å²) in [5.74, 6) is 1.87. The van der Waals surface area contributed by atoms with Crippen LogP contribution in [0.25, 0.3) is 5.69 Å². The van der Waals surface area contributed by atoms with Crippen LogP contribution in [-0.4, -0.2) is 45.4 Å². The fraction of sp³-hybridized carbons (Fsp3) is 0.240. The number of rotatable bonds is 9. The van der Waals surface area contributed by atoms with Gasteiger partial charge in [0.15, 0.2) is 5.96 Å². The highest BCUT2D eigenvalue weighted by molar-refractivity contribution is 14.0. The highest BCUT2D eigenvalue weighted by atomic mass is 127. The molecule has 2 aromatic carbocycles. The van der Waals surface area contributed by atoms with Crippen LogP contribution in [-0.2, 0) is 19.4 Å². The monoisotopic (exact) mass is 555 g/mol. The Bertz CT molecular complexity index is 1100. The van der Waals surface area contributed by atoms with Crippen LogP contribution in [0.15, 0.2) is 90.4 Å². The van der Waals surface area contributed by atoms with Crippen molar-refractivity contribution >= 4 is 29.9 Å². The van der Waals surface area contributed by atoms with Crippen molar-refractivity contribution in [3.8, 4) is 5.69 Å². The van der Waals surface area contributed by atoms with Crippen molar-refractivity contribution in [2.75, 3.05) is 20.1 Å². The van der Waals surface area contributed by atoms with Gasteiger partial charge in [-0.25, -0.2) is 9.67 Å². The summed E-state index contributed by atoms with van der Waals surface area (Å²) in [5, 5.41) is 11.0. The Kier molecular flexibility index (Phi) is 9.49. The summed E-state index contributed by atoms with van der Waals surface area (Å²) in [6.45, 7) is 2.41. The van der Waals surface area contributed by atoms with Crippen molar-refractivity contribution in [2.24, 2.45) is 4.99 Å². The maximum atomic E-state index is 4.52. The largest absolute Gasteiger partial charge is 0.356 e. The summed E-state index contributed by atoms with van der Waals surface area (Å²) in [5.41, 5.74) is 3.61. The predicted molar refractivity (Wildman–Crippen MR) is 144 cm³/mol. The molecule has 0 unspecified atom stereocenters. The van der Waals surface area contributed by atoms with E-state index in [2.05, 4.69) is 78.8 Å². The Labute approximate surface area is 212 Å². The van der Waals surface area contributed by atoms with E-state index in [0.29, 0.717) is 0 Å². The number of aromatic nitrogens is 4. The standard InChI is InChI=1S/C25H29N7.HI/c1-26-25(28-15-12-21-8-10-23(11-9-21)32-18-5-14-30-32)29-16-13-24-27-17-19-31(24)20-22-6-3-2-4-7-22;/h2-11,14,17-19H,12-13,15-16,20H2,1H3,(H2,26,28,29);1H. The van der Waals surface area contributed by atoms with Crippen LogP contribution in [0.3, 0.4) is 0 Å². The molecule has 0 aliphatic rings. The van der Waals surface area contributed by atoms with Gasteiger partial charge in [0.1, 0.15) is 5.82 Å². The number of guanidine groups is 1. The summed E-state index contributed by atoms with van der Waals surface area (Å²) < 4.78 is 4.05. The van der Waals surface area contributed by atoms with Gasteiger partial charge >= 0.3 is 0 Å². The van der Waals surface area contributed by atoms with Gasteiger partial charge < -0.3 is 15.2 Å². The minimum Gasteiger partial charge on any atom is -0.356 e. The summed E-state index contributed by atoms with van der Waals surface area (Å²) in [7, 11) is 1.80. The number of nitrogens with zero attached hydrogens (tertiary/aromatic N) is 5. The Morgan fingerprint density at radius 1 is 0.848 bits per heavy atom. The number of aliphatic imine (C=N–C) groups is 1. The van der Waals surface area contributed by atoms with Gasteiger partial charge in [-0.2, -0.15) is 5.10 Å². The number of imidazole rings is 1. The zero-order chi connectivity index (χ0) is 22.0. The average Bonchev–Trinajstić information content (AvgIpc) is 3.52. The predicted octanol–water partition coefficient (Wildman–Crippen LogP) is 3.69. The van der Waals surface area contributed by atoms with Gasteiger partial charge in [0.05, 0.1) is 5.69 Å².